The van der Waals surface area contributed by atoms with Crippen molar-refractivity contribution in [1.29, 1.82) is 0 Å². The van der Waals surface area contributed by atoms with E-state index in [2.05, 4.69) is 34.6 Å². The van der Waals surface area contributed by atoms with E-state index in [-0.39, 0.29) is 0 Å². The standard InChI is InChI=1S/C13H30OSi/c1-6-9-10-11-13(14-12(4)5)15(7-2)8-3/h12-13,15H,6-11H2,1-5H3. The van der Waals surface area contributed by atoms with Gasteiger partial charge in [-0.1, -0.05) is 52.1 Å². The molecule has 0 bridgehead atoms. The van der Waals surface area contributed by atoms with Crippen LogP contribution in [0.2, 0.25) is 12.1 Å². The molecule has 0 aliphatic heterocycles. The maximum absolute atomic E-state index is 6.10. The lowest BCUT2D eigenvalue weighted by Crippen LogP contribution is -2.34. The van der Waals surface area contributed by atoms with Gasteiger partial charge in [0.1, 0.15) is 0 Å². The van der Waals surface area contributed by atoms with E-state index >= 15 is 0 Å². The van der Waals surface area contributed by atoms with Crippen molar-refractivity contribution >= 4 is 8.80 Å². The van der Waals surface area contributed by atoms with Gasteiger partial charge in [-0.3, -0.25) is 0 Å². The summed E-state index contributed by atoms with van der Waals surface area (Å²) in [5.74, 6) is 0. The summed E-state index contributed by atoms with van der Waals surface area (Å²) in [6.45, 7) is 11.3. The smallest absolute Gasteiger partial charge is 0.0711 e. The Hall–Kier alpha value is 0.177. The first kappa shape index (κ1) is 15.2. The average Bonchev–Trinajstić information content (AvgIpc) is 2.19. The third kappa shape index (κ3) is 7.12. The molecule has 0 saturated heterocycles. The fraction of sp³-hybridized carbons (Fsp3) is 1.00. The van der Waals surface area contributed by atoms with Gasteiger partial charge in [-0.05, 0) is 20.3 Å². The Labute approximate surface area is 98.2 Å². The monoisotopic (exact) mass is 230 g/mol. The van der Waals surface area contributed by atoms with Gasteiger partial charge in [0.15, 0.2) is 0 Å². The van der Waals surface area contributed by atoms with Crippen LogP contribution in [0.4, 0.5) is 0 Å². The molecule has 0 saturated carbocycles. The van der Waals surface area contributed by atoms with Crippen molar-refractivity contribution in [2.24, 2.45) is 0 Å². The van der Waals surface area contributed by atoms with E-state index in [1.54, 1.807) is 0 Å². The lowest BCUT2D eigenvalue weighted by molar-refractivity contribution is 0.0441. The zero-order valence-electron chi connectivity index (χ0n) is 11.4. The summed E-state index contributed by atoms with van der Waals surface area (Å²) >= 11 is 0. The minimum Gasteiger partial charge on any atom is -0.379 e. The van der Waals surface area contributed by atoms with E-state index in [0.29, 0.717) is 11.8 Å². The molecule has 0 N–H and O–H groups in total. The number of unbranched alkanes of at least 4 members (excludes halogenated alkanes) is 2. The number of hydrogen-bond acceptors (Lipinski definition) is 1. The lowest BCUT2D eigenvalue weighted by atomic mass is 10.2. The molecule has 0 heterocycles. The average molecular weight is 230 g/mol. The number of ether oxygens (including phenoxy) is 1. The van der Waals surface area contributed by atoms with Gasteiger partial charge in [0.05, 0.1) is 14.9 Å². The Morgan fingerprint density at radius 3 is 2.00 bits per heavy atom. The normalized spacial score (nSPS) is 13.8. The van der Waals surface area contributed by atoms with Crippen molar-refractivity contribution in [2.45, 2.75) is 84.2 Å². The van der Waals surface area contributed by atoms with Crippen molar-refractivity contribution in [3.05, 3.63) is 0 Å². The van der Waals surface area contributed by atoms with Crippen LogP contribution in [0.25, 0.3) is 0 Å². The van der Waals surface area contributed by atoms with E-state index in [1.165, 1.54) is 37.8 Å². The molecule has 1 unspecified atom stereocenters. The molecule has 0 aromatic rings. The summed E-state index contributed by atoms with van der Waals surface area (Å²) in [5, 5.41) is 0. The van der Waals surface area contributed by atoms with Crippen LogP contribution in [0.3, 0.4) is 0 Å². The van der Waals surface area contributed by atoms with Crippen LogP contribution in [0.1, 0.15) is 60.3 Å². The molecule has 0 radical (unpaired) electrons. The van der Waals surface area contributed by atoms with E-state index < -0.39 is 8.80 Å². The summed E-state index contributed by atoms with van der Waals surface area (Å²) in [7, 11) is -0.628. The highest BCUT2D eigenvalue weighted by atomic mass is 28.3. The zero-order valence-corrected chi connectivity index (χ0v) is 12.5. The van der Waals surface area contributed by atoms with Crippen LogP contribution in [0, 0.1) is 0 Å². The number of rotatable bonds is 9. The van der Waals surface area contributed by atoms with Gasteiger partial charge in [0, 0.05) is 5.73 Å². The third-order valence-electron chi connectivity index (χ3n) is 3.11. The molecule has 92 valence electrons. The van der Waals surface area contributed by atoms with Gasteiger partial charge in [-0.15, -0.1) is 0 Å². The highest BCUT2D eigenvalue weighted by molar-refractivity contribution is 6.60. The van der Waals surface area contributed by atoms with Crippen molar-refractivity contribution in [2.75, 3.05) is 0 Å². The second-order valence-electron chi connectivity index (χ2n) is 4.80. The lowest BCUT2D eigenvalue weighted by Gasteiger charge is -2.26. The first-order chi connectivity index (χ1) is 7.15. The van der Waals surface area contributed by atoms with Gasteiger partial charge < -0.3 is 4.74 Å². The SMILES string of the molecule is CCCCCC(OC(C)C)[SiH](CC)CC. The van der Waals surface area contributed by atoms with Crippen LogP contribution in [-0.2, 0) is 4.74 Å². The molecule has 2 heteroatoms. The Morgan fingerprint density at radius 1 is 1.00 bits per heavy atom. The molecule has 0 rings (SSSR count). The van der Waals surface area contributed by atoms with Crippen LogP contribution in [0.5, 0.6) is 0 Å². The van der Waals surface area contributed by atoms with Crippen LogP contribution in [-0.4, -0.2) is 20.6 Å². The van der Waals surface area contributed by atoms with Crippen LogP contribution >= 0.6 is 0 Å². The molecule has 15 heavy (non-hydrogen) atoms. The Morgan fingerprint density at radius 2 is 1.60 bits per heavy atom. The van der Waals surface area contributed by atoms with E-state index in [0.717, 1.165) is 0 Å². The quantitative estimate of drug-likeness (QED) is 0.427. The summed E-state index contributed by atoms with van der Waals surface area (Å²) in [6.07, 6.45) is 5.76. The molecular formula is C13H30OSi. The summed E-state index contributed by atoms with van der Waals surface area (Å²) < 4.78 is 6.10. The van der Waals surface area contributed by atoms with Gasteiger partial charge in [0.25, 0.3) is 0 Å². The Bertz CT molecular complexity index is 132. The summed E-state index contributed by atoms with van der Waals surface area (Å²) in [4.78, 5) is 0. The minimum absolute atomic E-state index is 0.407. The predicted octanol–water partition coefficient (Wildman–Crippen LogP) is 4.17. The van der Waals surface area contributed by atoms with E-state index in [4.69, 9.17) is 4.74 Å². The van der Waals surface area contributed by atoms with Crippen LogP contribution in [0.15, 0.2) is 0 Å². The Kier molecular flexibility index (Phi) is 9.52. The molecule has 0 aliphatic rings. The van der Waals surface area contributed by atoms with Crippen molar-refractivity contribution in [3.8, 4) is 0 Å². The van der Waals surface area contributed by atoms with Crippen molar-refractivity contribution < 1.29 is 4.74 Å². The topological polar surface area (TPSA) is 9.23 Å². The first-order valence-corrected chi connectivity index (χ1v) is 9.11. The molecule has 0 amide bonds. The largest absolute Gasteiger partial charge is 0.379 e. The van der Waals surface area contributed by atoms with Gasteiger partial charge in [-0.2, -0.15) is 0 Å². The molecule has 0 fully saturated rings. The molecule has 0 spiro atoms. The van der Waals surface area contributed by atoms with Gasteiger partial charge in [0.2, 0.25) is 0 Å². The summed E-state index contributed by atoms with van der Waals surface area (Å²) in [6, 6.07) is 2.78. The fourth-order valence-electron chi connectivity index (χ4n) is 2.17. The second kappa shape index (κ2) is 9.41. The fourth-order valence-corrected chi connectivity index (χ4v) is 5.05. The molecule has 0 aromatic carbocycles. The van der Waals surface area contributed by atoms with Gasteiger partial charge in [-0.25, -0.2) is 0 Å². The van der Waals surface area contributed by atoms with Crippen molar-refractivity contribution in [3.63, 3.8) is 0 Å². The van der Waals surface area contributed by atoms with E-state index in [9.17, 15) is 0 Å². The second-order valence-corrected chi connectivity index (χ2v) is 8.69. The van der Waals surface area contributed by atoms with Crippen molar-refractivity contribution in [1.82, 2.24) is 0 Å². The van der Waals surface area contributed by atoms with Crippen LogP contribution < -0.4 is 0 Å². The molecule has 1 atom stereocenters. The predicted molar refractivity (Wildman–Crippen MR) is 72.3 cm³/mol. The maximum atomic E-state index is 6.10. The van der Waals surface area contributed by atoms with Gasteiger partial charge >= 0.3 is 0 Å². The molecule has 1 nitrogen and oxygen atoms in total. The maximum Gasteiger partial charge on any atom is 0.0711 e. The highest BCUT2D eigenvalue weighted by Gasteiger charge is 2.21. The minimum atomic E-state index is -0.628. The zero-order chi connectivity index (χ0) is 11.7. The third-order valence-corrected chi connectivity index (χ3v) is 6.75. The van der Waals surface area contributed by atoms with E-state index in [1.807, 2.05) is 0 Å². The Balaban J connectivity index is 4.03. The molecule has 0 aromatic heterocycles. The highest BCUT2D eigenvalue weighted by Crippen LogP contribution is 2.16. The molecular weight excluding hydrogens is 200 g/mol. The summed E-state index contributed by atoms with van der Waals surface area (Å²) in [5.41, 5.74) is 0.631. The molecule has 0 aliphatic carbocycles. The first-order valence-electron chi connectivity index (χ1n) is 6.81. The number of hydrogen-bond donors (Lipinski definition) is 0.